The molecule has 0 unspecified atom stereocenters. The number of aromatic nitrogens is 1. The van der Waals surface area contributed by atoms with Gasteiger partial charge < -0.3 is 20.9 Å². The van der Waals surface area contributed by atoms with Crippen LogP contribution >= 0.6 is 23.1 Å². The van der Waals surface area contributed by atoms with Gasteiger partial charge in [0.1, 0.15) is 11.8 Å². The van der Waals surface area contributed by atoms with Crippen molar-refractivity contribution in [2.45, 2.75) is 29.7 Å². The van der Waals surface area contributed by atoms with Crippen molar-refractivity contribution in [3.8, 4) is 11.5 Å². The fourth-order valence-corrected chi connectivity index (χ4v) is 7.47. The van der Waals surface area contributed by atoms with Crippen LogP contribution in [-0.2, 0) is 20.9 Å². The number of hydrogen-bond acceptors (Lipinski definition) is 9. The first-order valence-corrected chi connectivity index (χ1v) is 13.1. The summed E-state index contributed by atoms with van der Waals surface area (Å²) in [5.74, 6) is -3.87. The van der Waals surface area contributed by atoms with Gasteiger partial charge in [0.2, 0.25) is 11.8 Å². The predicted molar refractivity (Wildman–Crippen MR) is 139 cm³/mol. The van der Waals surface area contributed by atoms with Gasteiger partial charge in [-0.1, -0.05) is 46.9 Å². The average molecular weight is 555 g/mol. The minimum absolute atomic E-state index is 0.131. The standard InChI is InChI=1S/C25H22N4O7S2/c1-11-3-6-13(7-4-11)27-16(31)10-28-23-20(38-25(28)35)17(12-5-8-14(30)15(9-12)36-2)18-19(37-23)22(33)29(21(18)32)24(26)34/h3-9,17-19,30H,10H2,1-2H3,(H2,26,34)(H,27,31)/t17-,18+,19-/m0/s1. The zero-order chi connectivity index (χ0) is 27.3. The number of amides is 5. The maximum absolute atomic E-state index is 13.3. The van der Waals surface area contributed by atoms with E-state index in [4.69, 9.17) is 10.5 Å². The van der Waals surface area contributed by atoms with Gasteiger partial charge in [-0.2, -0.15) is 4.90 Å². The first-order valence-electron chi connectivity index (χ1n) is 11.4. The van der Waals surface area contributed by atoms with Gasteiger partial charge in [0, 0.05) is 16.5 Å². The van der Waals surface area contributed by atoms with Crippen LogP contribution in [0.5, 0.6) is 11.5 Å². The van der Waals surface area contributed by atoms with Crippen LogP contribution in [0.1, 0.15) is 21.9 Å². The summed E-state index contributed by atoms with van der Waals surface area (Å²) in [7, 11) is 1.37. The average Bonchev–Trinajstić information content (AvgIpc) is 3.32. The SMILES string of the molecule is COc1cc([C@@H]2c3sc(=O)n(CC(=O)Nc4ccc(C)cc4)c3S[C@@H]3C(=O)N(C(N)=O)C(=O)[C@H]23)ccc1O. The quantitative estimate of drug-likeness (QED) is 0.405. The molecule has 4 N–H and O–H groups in total. The van der Waals surface area contributed by atoms with Crippen molar-refractivity contribution in [3.05, 3.63) is 68.1 Å². The van der Waals surface area contributed by atoms with Crippen molar-refractivity contribution in [1.82, 2.24) is 9.47 Å². The van der Waals surface area contributed by atoms with Gasteiger partial charge in [0.05, 0.1) is 18.1 Å². The lowest BCUT2D eigenvalue weighted by atomic mass is 9.83. The van der Waals surface area contributed by atoms with Crippen LogP contribution in [0.2, 0.25) is 0 Å². The molecule has 13 heteroatoms. The normalized spacial score (nSPS) is 20.2. The lowest BCUT2D eigenvalue weighted by Gasteiger charge is -2.30. The molecule has 1 saturated heterocycles. The van der Waals surface area contributed by atoms with Crippen LogP contribution in [-0.4, -0.2) is 50.7 Å². The third-order valence-electron chi connectivity index (χ3n) is 6.47. The predicted octanol–water partition coefficient (Wildman–Crippen LogP) is 2.24. The number of urea groups is 1. The van der Waals surface area contributed by atoms with E-state index < -0.39 is 45.7 Å². The Morgan fingerprint density at radius 1 is 1.11 bits per heavy atom. The number of likely N-dealkylation sites (tertiary alicyclic amines) is 1. The number of aryl methyl sites for hydroxylation is 1. The number of nitrogens with two attached hydrogens (primary N) is 1. The second-order valence-corrected chi connectivity index (χ2v) is 11.0. The summed E-state index contributed by atoms with van der Waals surface area (Å²) in [6, 6.07) is 10.4. The Morgan fingerprint density at radius 3 is 2.47 bits per heavy atom. The van der Waals surface area contributed by atoms with Crippen molar-refractivity contribution in [3.63, 3.8) is 0 Å². The number of anilines is 1. The van der Waals surface area contributed by atoms with E-state index in [1.165, 1.54) is 23.8 Å². The minimum atomic E-state index is -1.18. The second-order valence-electron chi connectivity index (χ2n) is 8.86. The molecule has 38 heavy (non-hydrogen) atoms. The summed E-state index contributed by atoms with van der Waals surface area (Å²) in [5, 5.41) is 12.1. The molecule has 0 saturated carbocycles. The Balaban J connectivity index is 1.58. The summed E-state index contributed by atoms with van der Waals surface area (Å²) in [6.07, 6.45) is 0. The van der Waals surface area contributed by atoms with Crippen molar-refractivity contribution in [2.24, 2.45) is 11.7 Å². The number of carbonyl (C=O) groups is 4. The first kappa shape index (κ1) is 25.5. The van der Waals surface area contributed by atoms with Gasteiger partial charge in [-0.3, -0.25) is 23.7 Å². The minimum Gasteiger partial charge on any atom is -0.504 e. The number of phenolic OH excluding ortho intramolecular Hbond substituents is 1. The Morgan fingerprint density at radius 2 is 1.82 bits per heavy atom. The van der Waals surface area contributed by atoms with Crippen molar-refractivity contribution < 1.29 is 29.0 Å². The number of methoxy groups -OCH3 is 1. The molecule has 196 valence electrons. The molecule has 0 spiro atoms. The number of ether oxygens (including phenoxy) is 1. The highest BCUT2D eigenvalue weighted by Gasteiger charge is 2.58. The molecule has 3 aromatic rings. The molecular weight excluding hydrogens is 532 g/mol. The summed E-state index contributed by atoms with van der Waals surface area (Å²) >= 11 is 1.82. The fourth-order valence-electron chi connectivity index (χ4n) is 4.70. The van der Waals surface area contributed by atoms with Crippen molar-refractivity contribution in [1.29, 1.82) is 0 Å². The molecule has 3 atom stereocenters. The van der Waals surface area contributed by atoms with Crippen molar-refractivity contribution >= 4 is 52.5 Å². The molecule has 2 aromatic carbocycles. The zero-order valence-electron chi connectivity index (χ0n) is 20.2. The molecule has 1 aromatic heterocycles. The number of rotatable bonds is 5. The van der Waals surface area contributed by atoms with Gasteiger partial charge in [0.25, 0.3) is 5.91 Å². The lowest BCUT2D eigenvalue weighted by molar-refractivity contribution is -0.135. The maximum Gasteiger partial charge on any atom is 0.328 e. The van der Waals surface area contributed by atoms with Gasteiger partial charge in [-0.15, -0.1) is 0 Å². The number of nitrogens with one attached hydrogen (secondary N) is 1. The Kier molecular flexibility index (Phi) is 6.49. The molecule has 11 nitrogen and oxygen atoms in total. The lowest BCUT2D eigenvalue weighted by Crippen LogP contribution is -2.41. The van der Waals surface area contributed by atoms with Crippen LogP contribution in [0.25, 0.3) is 0 Å². The van der Waals surface area contributed by atoms with Gasteiger partial charge in [-0.05, 0) is 36.8 Å². The molecule has 5 amide bonds. The van der Waals surface area contributed by atoms with Crippen LogP contribution in [0, 0.1) is 12.8 Å². The van der Waals surface area contributed by atoms with E-state index in [9.17, 15) is 29.1 Å². The molecule has 0 radical (unpaired) electrons. The zero-order valence-corrected chi connectivity index (χ0v) is 21.8. The van der Waals surface area contributed by atoms with E-state index in [0.717, 1.165) is 28.7 Å². The number of nitrogens with zero attached hydrogens (tertiary/aromatic N) is 2. The molecule has 1 fully saturated rings. The molecule has 2 aliphatic heterocycles. The number of benzene rings is 2. The number of phenols is 1. The fraction of sp³-hybridized carbons (Fsp3) is 0.240. The topological polar surface area (TPSA) is 161 Å². The number of hydrogen-bond donors (Lipinski definition) is 3. The number of primary amides is 1. The summed E-state index contributed by atoms with van der Waals surface area (Å²) in [4.78, 5) is 64.8. The van der Waals surface area contributed by atoms with E-state index >= 15 is 0 Å². The summed E-state index contributed by atoms with van der Waals surface area (Å²) in [5.41, 5.74) is 7.42. The molecule has 0 bridgehead atoms. The van der Waals surface area contributed by atoms with Crippen LogP contribution < -0.4 is 20.7 Å². The smallest absolute Gasteiger partial charge is 0.328 e. The van der Waals surface area contributed by atoms with Crippen LogP contribution in [0.4, 0.5) is 10.5 Å². The van der Waals surface area contributed by atoms with Gasteiger partial charge >= 0.3 is 10.9 Å². The maximum atomic E-state index is 13.3. The molecule has 2 aliphatic rings. The van der Waals surface area contributed by atoms with E-state index in [0.29, 0.717) is 26.1 Å². The van der Waals surface area contributed by atoms with Crippen LogP contribution in [0.15, 0.2) is 52.3 Å². The molecule has 0 aliphatic carbocycles. The van der Waals surface area contributed by atoms with Crippen LogP contribution in [0.3, 0.4) is 0 Å². The number of thioether (sulfide) groups is 1. The van der Waals surface area contributed by atoms with Crippen molar-refractivity contribution in [2.75, 3.05) is 12.4 Å². The number of thiazole rings is 1. The highest BCUT2D eigenvalue weighted by Crippen LogP contribution is 2.53. The Hall–Kier alpha value is -4.10. The van der Waals surface area contributed by atoms with Gasteiger partial charge in [-0.25, -0.2) is 4.79 Å². The summed E-state index contributed by atoms with van der Waals surface area (Å²) in [6.45, 7) is 1.60. The van der Waals surface area contributed by atoms with E-state index in [2.05, 4.69) is 5.32 Å². The van der Waals surface area contributed by atoms with E-state index in [1.54, 1.807) is 18.2 Å². The third-order valence-corrected chi connectivity index (χ3v) is 9.07. The molecule has 5 rings (SSSR count). The number of fused-ring (bicyclic) bond motifs is 2. The Labute approximate surface area is 224 Å². The van der Waals surface area contributed by atoms with Gasteiger partial charge in [0.15, 0.2) is 11.5 Å². The molecule has 3 heterocycles. The Bertz CT molecular complexity index is 1550. The highest BCUT2D eigenvalue weighted by molar-refractivity contribution is 8.00. The van der Waals surface area contributed by atoms with E-state index in [1.807, 2.05) is 19.1 Å². The first-order chi connectivity index (χ1) is 18.1. The molecular formula is C25H22N4O7S2. The summed E-state index contributed by atoms with van der Waals surface area (Å²) < 4.78 is 6.48. The highest BCUT2D eigenvalue weighted by atomic mass is 32.2. The number of aromatic hydroxyl groups is 1. The largest absolute Gasteiger partial charge is 0.504 e. The number of carbonyl (C=O) groups excluding carboxylic acids is 4. The number of imide groups is 3. The monoisotopic (exact) mass is 554 g/mol. The third kappa shape index (κ3) is 4.23. The second kappa shape index (κ2) is 9.65. The van der Waals surface area contributed by atoms with E-state index in [-0.39, 0.29) is 18.0 Å².